The zero-order chi connectivity index (χ0) is 24.1. The van der Waals surface area contributed by atoms with Crippen LogP contribution in [0.3, 0.4) is 0 Å². The molecule has 0 saturated heterocycles. The molecule has 7 nitrogen and oxygen atoms in total. The van der Waals surface area contributed by atoms with Crippen LogP contribution in [0.4, 0.5) is 13.2 Å². The van der Waals surface area contributed by atoms with E-state index in [4.69, 9.17) is 5.73 Å². The number of allylic oxidation sites excluding steroid dienone is 1. The van der Waals surface area contributed by atoms with Crippen LogP contribution in [0.25, 0.3) is 33.6 Å². The first-order valence-corrected chi connectivity index (χ1v) is 10.1. The predicted molar refractivity (Wildman–Crippen MR) is 118 cm³/mol. The summed E-state index contributed by atoms with van der Waals surface area (Å²) in [7, 11) is 2.76. The molecule has 172 valence electrons. The van der Waals surface area contributed by atoms with E-state index in [2.05, 4.69) is 21.3 Å². The molecule has 3 aromatic heterocycles. The van der Waals surface area contributed by atoms with Crippen LogP contribution in [0.5, 0.6) is 0 Å². The van der Waals surface area contributed by atoms with E-state index in [0.717, 1.165) is 6.07 Å². The minimum Gasteiger partial charge on any atom is -0.465 e. The Bertz CT molecular complexity index is 1400. The molecule has 0 fully saturated rings. The Kier molecular flexibility index (Phi) is 5.49. The third-order valence-corrected chi connectivity index (χ3v) is 5.47. The maximum Gasteiger partial charge on any atom is 0.338 e. The molecule has 33 heavy (non-hydrogen) atoms. The lowest BCUT2D eigenvalue weighted by molar-refractivity contribution is 0.0379. The minimum absolute atomic E-state index is 0.00544. The van der Waals surface area contributed by atoms with Gasteiger partial charge in [0, 0.05) is 18.5 Å². The monoisotopic (exact) mass is 457 g/mol. The highest BCUT2D eigenvalue weighted by Gasteiger charge is 2.29. The van der Waals surface area contributed by atoms with Crippen LogP contribution in [-0.4, -0.2) is 38.1 Å². The van der Waals surface area contributed by atoms with E-state index >= 15 is 0 Å². The lowest BCUT2D eigenvalue weighted by Gasteiger charge is -2.16. The van der Waals surface area contributed by atoms with Gasteiger partial charge in [0.25, 0.3) is 5.92 Å². The summed E-state index contributed by atoms with van der Waals surface area (Å²) < 4.78 is 51.1. The SMILES string of the molecule is C=CC(F)(F)Cn1c(-c2nc3cc(C(=O)OC)cc(F)c3n2C)cc2ccc([C@@H](C)N)nc21. The summed E-state index contributed by atoms with van der Waals surface area (Å²) in [4.78, 5) is 20.8. The maximum absolute atomic E-state index is 14.9. The van der Waals surface area contributed by atoms with Crippen LogP contribution in [0.1, 0.15) is 29.0 Å². The van der Waals surface area contributed by atoms with Crippen molar-refractivity contribution in [3.8, 4) is 11.5 Å². The number of ether oxygens (including phenoxy) is 1. The number of hydrogen-bond donors (Lipinski definition) is 1. The molecule has 0 aliphatic heterocycles. The summed E-state index contributed by atoms with van der Waals surface area (Å²) in [6.45, 7) is 4.22. The van der Waals surface area contributed by atoms with Crippen LogP contribution < -0.4 is 5.73 Å². The van der Waals surface area contributed by atoms with Crippen molar-refractivity contribution in [2.24, 2.45) is 12.8 Å². The largest absolute Gasteiger partial charge is 0.465 e. The van der Waals surface area contributed by atoms with Crippen LogP contribution >= 0.6 is 0 Å². The molecule has 0 saturated carbocycles. The molecule has 4 rings (SSSR count). The molecule has 1 atom stereocenters. The molecule has 0 aliphatic rings. The predicted octanol–water partition coefficient (Wildman–Crippen LogP) is 4.36. The number of hydrogen-bond acceptors (Lipinski definition) is 5. The number of pyridine rings is 1. The van der Waals surface area contributed by atoms with Gasteiger partial charge < -0.3 is 19.6 Å². The number of aryl methyl sites for hydroxylation is 1. The zero-order valence-electron chi connectivity index (χ0n) is 18.3. The van der Waals surface area contributed by atoms with Crippen molar-refractivity contribution in [1.82, 2.24) is 19.1 Å². The Morgan fingerprint density at radius 1 is 1.30 bits per heavy atom. The highest BCUT2D eigenvalue weighted by atomic mass is 19.3. The Morgan fingerprint density at radius 2 is 2.03 bits per heavy atom. The lowest BCUT2D eigenvalue weighted by Crippen LogP contribution is -2.22. The summed E-state index contributed by atoms with van der Waals surface area (Å²) in [5, 5.41) is 0.594. The molecule has 10 heteroatoms. The average Bonchev–Trinajstić information content (AvgIpc) is 3.29. The summed E-state index contributed by atoms with van der Waals surface area (Å²) in [6.07, 6.45) is 0.565. The number of nitrogens with two attached hydrogens (primary N) is 1. The number of aromatic nitrogens is 4. The number of esters is 1. The summed E-state index contributed by atoms with van der Waals surface area (Å²) in [5.41, 5.74) is 7.37. The molecule has 3 heterocycles. The van der Waals surface area contributed by atoms with Crippen molar-refractivity contribution >= 4 is 28.0 Å². The van der Waals surface area contributed by atoms with E-state index in [0.29, 0.717) is 28.5 Å². The van der Waals surface area contributed by atoms with Crippen molar-refractivity contribution in [2.45, 2.75) is 25.4 Å². The average molecular weight is 457 g/mol. The molecular weight excluding hydrogens is 435 g/mol. The van der Waals surface area contributed by atoms with Crippen LogP contribution in [0.2, 0.25) is 0 Å². The Labute approximate surface area is 187 Å². The molecule has 0 amide bonds. The van der Waals surface area contributed by atoms with Gasteiger partial charge in [0.05, 0.1) is 36.1 Å². The number of methoxy groups -OCH3 is 1. The summed E-state index contributed by atoms with van der Waals surface area (Å²) >= 11 is 0. The molecule has 0 radical (unpaired) electrons. The van der Waals surface area contributed by atoms with Crippen molar-refractivity contribution in [3.05, 3.63) is 60.1 Å². The van der Waals surface area contributed by atoms with Crippen molar-refractivity contribution in [2.75, 3.05) is 7.11 Å². The second-order valence-electron chi connectivity index (χ2n) is 7.83. The fourth-order valence-electron chi connectivity index (χ4n) is 3.78. The lowest BCUT2D eigenvalue weighted by atomic mass is 10.2. The topological polar surface area (TPSA) is 88.0 Å². The van der Waals surface area contributed by atoms with Crippen LogP contribution in [0.15, 0.2) is 43.0 Å². The van der Waals surface area contributed by atoms with Gasteiger partial charge in [-0.05, 0) is 43.3 Å². The van der Waals surface area contributed by atoms with E-state index in [9.17, 15) is 18.0 Å². The number of alkyl halides is 2. The quantitative estimate of drug-likeness (QED) is 0.343. The number of rotatable bonds is 6. The fraction of sp³-hybridized carbons (Fsp3) is 0.261. The van der Waals surface area contributed by atoms with E-state index in [1.54, 1.807) is 32.2 Å². The van der Waals surface area contributed by atoms with Gasteiger partial charge in [-0.2, -0.15) is 0 Å². The standard InChI is InChI=1S/C23H22F3N5O2/c1-5-23(25,26)11-31-18(10-13-6-7-16(12(2)27)28-20(13)31)21-29-17-9-14(22(32)33-4)8-15(24)19(17)30(21)3/h5-10,12H,1,11,27H2,2-4H3/t12-/m1/s1. The normalized spacial score (nSPS) is 12.9. The van der Waals surface area contributed by atoms with Gasteiger partial charge in [0.2, 0.25) is 0 Å². The highest BCUT2D eigenvalue weighted by Crippen LogP contribution is 2.33. The fourth-order valence-corrected chi connectivity index (χ4v) is 3.78. The third kappa shape index (κ3) is 3.86. The molecule has 0 spiro atoms. The van der Waals surface area contributed by atoms with Gasteiger partial charge in [0.15, 0.2) is 5.82 Å². The number of fused-ring (bicyclic) bond motifs is 2. The van der Waals surface area contributed by atoms with Crippen LogP contribution in [-0.2, 0) is 18.3 Å². The molecule has 0 aliphatic carbocycles. The molecule has 2 N–H and O–H groups in total. The number of imidazole rings is 1. The van der Waals surface area contributed by atoms with E-state index < -0.39 is 30.3 Å². The first-order valence-electron chi connectivity index (χ1n) is 10.1. The van der Waals surface area contributed by atoms with E-state index in [-0.39, 0.29) is 22.4 Å². The number of halogens is 3. The second kappa shape index (κ2) is 8.04. The first kappa shape index (κ1) is 22.5. The summed E-state index contributed by atoms with van der Waals surface area (Å²) in [5.74, 6) is -4.41. The van der Waals surface area contributed by atoms with E-state index in [1.807, 2.05) is 0 Å². The van der Waals surface area contributed by atoms with Crippen molar-refractivity contribution in [3.63, 3.8) is 0 Å². The third-order valence-electron chi connectivity index (χ3n) is 5.47. The highest BCUT2D eigenvalue weighted by molar-refractivity contribution is 5.95. The summed E-state index contributed by atoms with van der Waals surface area (Å²) in [6, 6.07) is 7.17. The van der Waals surface area contributed by atoms with Crippen LogP contribution in [0, 0.1) is 5.82 Å². The molecule has 0 unspecified atom stereocenters. The molecule has 0 bridgehead atoms. The first-order chi connectivity index (χ1) is 15.6. The Balaban J connectivity index is 2.00. The number of carbonyl (C=O) groups excluding carboxylic acids is 1. The molecular formula is C23H22F3N5O2. The van der Waals surface area contributed by atoms with E-state index in [1.165, 1.54) is 22.3 Å². The molecule has 4 aromatic rings. The Hall–Kier alpha value is -3.66. The maximum atomic E-state index is 14.9. The minimum atomic E-state index is -3.24. The van der Waals surface area contributed by atoms with Gasteiger partial charge in [0.1, 0.15) is 17.0 Å². The van der Waals surface area contributed by atoms with Crippen molar-refractivity contribution < 1.29 is 22.7 Å². The smallest absolute Gasteiger partial charge is 0.338 e. The van der Waals surface area contributed by atoms with Crippen molar-refractivity contribution in [1.29, 1.82) is 0 Å². The zero-order valence-corrected chi connectivity index (χ0v) is 18.3. The van der Waals surface area contributed by atoms with Gasteiger partial charge in [-0.1, -0.05) is 6.58 Å². The molecule has 1 aromatic carbocycles. The number of nitrogens with zero attached hydrogens (tertiary/aromatic N) is 4. The number of benzene rings is 1. The van der Waals surface area contributed by atoms with Gasteiger partial charge in [-0.3, -0.25) is 0 Å². The van der Waals surface area contributed by atoms with Gasteiger partial charge in [-0.25, -0.2) is 27.9 Å². The van der Waals surface area contributed by atoms with Gasteiger partial charge in [-0.15, -0.1) is 0 Å². The Morgan fingerprint density at radius 3 is 2.67 bits per heavy atom. The second-order valence-corrected chi connectivity index (χ2v) is 7.83. The van der Waals surface area contributed by atoms with Gasteiger partial charge >= 0.3 is 5.97 Å². The number of carbonyl (C=O) groups is 1.